The van der Waals surface area contributed by atoms with Crippen molar-refractivity contribution >= 4 is 33.0 Å². The predicted octanol–water partition coefficient (Wildman–Crippen LogP) is 5.25. The first-order valence-corrected chi connectivity index (χ1v) is 10.4. The molecule has 3 aromatic carbocycles. The van der Waals surface area contributed by atoms with Crippen LogP contribution in [0.1, 0.15) is 11.1 Å². The van der Waals surface area contributed by atoms with Gasteiger partial charge in [0.1, 0.15) is 17.3 Å². The summed E-state index contributed by atoms with van der Waals surface area (Å²) in [5, 5.41) is 10.0. The second-order valence-corrected chi connectivity index (χ2v) is 8.71. The van der Waals surface area contributed by atoms with Crippen LogP contribution in [0.3, 0.4) is 0 Å². The number of ether oxygens (including phenoxy) is 1. The second kappa shape index (κ2) is 8.21. The molecule has 0 saturated heterocycles. The Kier molecular flexibility index (Phi) is 5.95. The third kappa shape index (κ3) is 4.95. The maximum absolute atomic E-state index is 12.6. The van der Waals surface area contributed by atoms with Crippen LogP contribution < -0.4 is 4.74 Å². The summed E-state index contributed by atoms with van der Waals surface area (Å²) in [5.41, 5.74) is 1.59. The lowest BCUT2D eigenvalue weighted by Gasteiger charge is -2.10. The fraction of sp³-hybridized carbons (Fsp3) is 0.100. The average molecular weight is 423 g/mol. The van der Waals surface area contributed by atoms with Crippen molar-refractivity contribution in [3.05, 3.63) is 87.9 Å². The number of hydrogen-bond acceptors (Lipinski definition) is 4. The lowest BCUT2D eigenvalue weighted by molar-refractivity contribution is 0.306. The minimum Gasteiger partial charge on any atom is -0.505 e. The number of sulfone groups is 1. The van der Waals surface area contributed by atoms with E-state index in [1.807, 2.05) is 30.3 Å². The zero-order chi connectivity index (χ0) is 19.4. The molecule has 3 aromatic rings. The van der Waals surface area contributed by atoms with Crippen LogP contribution in [0.4, 0.5) is 0 Å². The van der Waals surface area contributed by atoms with Gasteiger partial charge in [0.15, 0.2) is 15.6 Å². The van der Waals surface area contributed by atoms with Gasteiger partial charge in [-0.25, -0.2) is 8.42 Å². The van der Waals surface area contributed by atoms with Gasteiger partial charge in [-0.1, -0.05) is 65.7 Å². The SMILES string of the molecule is O=S(=O)(Cc1ccc(OCc2ccccc2)cc1)c1cc(Cl)cc(Cl)c1O. The largest absolute Gasteiger partial charge is 0.505 e. The third-order valence-electron chi connectivity index (χ3n) is 3.86. The first-order valence-electron chi connectivity index (χ1n) is 8.01. The Bertz CT molecular complexity index is 1030. The quantitative estimate of drug-likeness (QED) is 0.588. The highest BCUT2D eigenvalue weighted by Crippen LogP contribution is 2.35. The molecule has 0 heterocycles. The van der Waals surface area contributed by atoms with Gasteiger partial charge in [-0.15, -0.1) is 0 Å². The molecule has 0 bridgehead atoms. The highest BCUT2D eigenvalue weighted by atomic mass is 35.5. The Morgan fingerprint density at radius 1 is 0.889 bits per heavy atom. The van der Waals surface area contributed by atoms with Gasteiger partial charge in [0, 0.05) is 5.02 Å². The van der Waals surface area contributed by atoms with Crippen LogP contribution in [0.15, 0.2) is 71.6 Å². The number of hydrogen-bond donors (Lipinski definition) is 1. The monoisotopic (exact) mass is 422 g/mol. The minimum atomic E-state index is -3.82. The van der Waals surface area contributed by atoms with Crippen LogP contribution in [0, 0.1) is 0 Å². The maximum Gasteiger partial charge on any atom is 0.186 e. The highest BCUT2D eigenvalue weighted by molar-refractivity contribution is 7.90. The molecule has 27 heavy (non-hydrogen) atoms. The number of halogens is 2. The molecule has 0 aliphatic heterocycles. The molecule has 0 aliphatic rings. The van der Waals surface area contributed by atoms with Crippen LogP contribution in [0.5, 0.6) is 11.5 Å². The molecular formula is C20H16Cl2O4S. The van der Waals surface area contributed by atoms with Crippen LogP contribution >= 0.6 is 23.2 Å². The molecule has 1 N–H and O–H groups in total. The van der Waals surface area contributed by atoms with Gasteiger partial charge < -0.3 is 9.84 Å². The summed E-state index contributed by atoms with van der Waals surface area (Å²) in [6, 6.07) is 19.0. The second-order valence-electron chi connectivity index (χ2n) is 5.91. The molecule has 0 atom stereocenters. The van der Waals surface area contributed by atoms with Gasteiger partial charge in [0.2, 0.25) is 0 Å². The van der Waals surface area contributed by atoms with Crippen molar-refractivity contribution in [2.24, 2.45) is 0 Å². The first kappa shape index (κ1) is 19.5. The van der Waals surface area contributed by atoms with E-state index in [0.29, 0.717) is 17.9 Å². The average Bonchev–Trinajstić information content (AvgIpc) is 2.64. The van der Waals surface area contributed by atoms with E-state index in [-0.39, 0.29) is 20.7 Å². The minimum absolute atomic E-state index is 0.106. The smallest absolute Gasteiger partial charge is 0.186 e. The predicted molar refractivity (Wildman–Crippen MR) is 106 cm³/mol. The number of rotatable bonds is 6. The summed E-state index contributed by atoms with van der Waals surface area (Å²) in [4.78, 5) is -0.288. The normalized spacial score (nSPS) is 11.3. The first-order chi connectivity index (χ1) is 12.8. The summed E-state index contributed by atoms with van der Waals surface area (Å²) in [6.45, 7) is 0.424. The summed E-state index contributed by atoms with van der Waals surface area (Å²) < 4.78 is 30.9. The van der Waals surface area contributed by atoms with Gasteiger partial charge in [-0.05, 0) is 35.4 Å². The van der Waals surface area contributed by atoms with E-state index in [1.165, 1.54) is 12.1 Å². The molecule has 0 fully saturated rings. The van der Waals surface area contributed by atoms with Crippen molar-refractivity contribution in [1.82, 2.24) is 0 Å². The maximum atomic E-state index is 12.6. The molecule has 0 unspecified atom stereocenters. The Morgan fingerprint density at radius 3 is 2.22 bits per heavy atom. The van der Waals surface area contributed by atoms with E-state index in [1.54, 1.807) is 24.3 Å². The van der Waals surface area contributed by atoms with E-state index in [2.05, 4.69) is 0 Å². The highest BCUT2D eigenvalue weighted by Gasteiger charge is 2.22. The molecule has 0 radical (unpaired) electrons. The number of phenols is 1. The zero-order valence-electron chi connectivity index (χ0n) is 14.1. The molecule has 3 rings (SSSR count). The lowest BCUT2D eigenvalue weighted by Crippen LogP contribution is -2.06. The number of aromatic hydroxyl groups is 1. The van der Waals surface area contributed by atoms with Crippen molar-refractivity contribution in [2.45, 2.75) is 17.3 Å². The Morgan fingerprint density at radius 2 is 1.56 bits per heavy atom. The van der Waals surface area contributed by atoms with Crippen LogP contribution in [-0.4, -0.2) is 13.5 Å². The van der Waals surface area contributed by atoms with Crippen molar-refractivity contribution in [3.8, 4) is 11.5 Å². The summed E-state index contributed by atoms with van der Waals surface area (Å²) in [5.74, 6) is -0.159. The topological polar surface area (TPSA) is 63.6 Å². The summed E-state index contributed by atoms with van der Waals surface area (Å²) in [7, 11) is -3.82. The van der Waals surface area contributed by atoms with Gasteiger partial charge >= 0.3 is 0 Å². The summed E-state index contributed by atoms with van der Waals surface area (Å²) >= 11 is 11.7. The van der Waals surface area contributed by atoms with E-state index < -0.39 is 15.6 Å². The Balaban J connectivity index is 1.72. The van der Waals surface area contributed by atoms with E-state index in [0.717, 1.165) is 5.56 Å². The third-order valence-corrected chi connectivity index (χ3v) is 6.06. The van der Waals surface area contributed by atoms with Gasteiger partial charge in [-0.3, -0.25) is 0 Å². The molecule has 0 saturated carbocycles. The standard InChI is InChI=1S/C20H16Cl2O4S/c21-16-10-18(22)20(23)19(11-16)27(24,25)13-15-6-8-17(9-7-15)26-12-14-4-2-1-3-5-14/h1-11,23H,12-13H2. The molecule has 0 aliphatic carbocycles. The van der Waals surface area contributed by atoms with E-state index >= 15 is 0 Å². The van der Waals surface area contributed by atoms with Crippen molar-refractivity contribution in [1.29, 1.82) is 0 Å². The molecular weight excluding hydrogens is 407 g/mol. The van der Waals surface area contributed by atoms with Gasteiger partial charge in [0.25, 0.3) is 0 Å². The fourth-order valence-electron chi connectivity index (χ4n) is 2.50. The van der Waals surface area contributed by atoms with E-state index in [9.17, 15) is 13.5 Å². The van der Waals surface area contributed by atoms with Crippen LogP contribution in [0.2, 0.25) is 10.0 Å². The fourth-order valence-corrected chi connectivity index (χ4v) is 4.61. The van der Waals surface area contributed by atoms with Crippen molar-refractivity contribution in [3.63, 3.8) is 0 Å². The molecule has 0 amide bonds. The lowest BCUT2D eigenvalue weighted by atomic mass is 10.2. The van der Waals surface area contributed by atoms with Crippen LogP contribution in [-0.2, 0) is 22.2 Å². The molecule has 0 aromatic heterocycles. The van der Waals surface area contributed by atoms with E-state index in [4.69, 9.17) is 27.9 Å². The molecule has 140 valence electrons. The number of benzene rings is 3. The molecule has 7 heteroatoms. The molecule has 4 nitrogen and oxygen atoms in total. The Labute approximate surface area is 167 Å². The molecule has 0 spiro atoms. The number of phenolic OH excluding ortho intramolecular Hbond substituents is 1. The van der Waals surface area contributed by atoms with Crippen LogP contribution in [0.25, 0.3) is 0 Å². The van der Waals surface area contributed by atoms with Gasteiger partial charge in [0.05, 0.1) is 10.8 Å². The zero-order valence-corrected chi connectivity index (χ0v) is 16.4. The van der Waals surface area contributed by atoms with Crippen molar-refractivity contribution < 1.29 is 18.3 Å². The summed E-state index contributed by atoms with van der Waals surface area (Å²) in [6.07, 6.45) is 0. The Hall–Kier alpha value is -2.21. The van der Waals surface area contributed by atoms with Gasteiger partial charge in [-0.2, -0.15) is 0 Å². The van der Waals surface area contributed by atoms with Crippen molar-refractivity contribution in [2.75, 3.05) is 0 Å².